The van der Waals surface area contributed by atoms with Gasteiger partial charge in [0.1, 0.15) is 18.1 Å². The molecule has 0 radical (unpaired) electrons. The second kappa shape index (κ2) is 11.4. The van der Waals surface area contributed by atoms with Gasteiger partial charge in [0.05, 0.1) is 12.7 Å². The molecule has 6 N–H and O–H groups in total. The molecule has 5 atom stereocenters. The Hall–Kier alpha value is -2.37. The van der Waals surface area contributed by atoms with Crippen LogP contribution in [-0.2, 0) is 36.3 Å². The zero-order chi connectivity index (χ0) is 27.4. The maximum absolute atomic E-state index is 12.2. The van der Waals surface area contributed by atoms with Crippen molar-refractivity contribution in [2.75, 3.05) is 12.3 Å². The van der Waals surface area contributed by atoms with E-state index in [0.29, 0.717) is 0 Å². The summed E-state index contributed by atoms with van der Waals surface area (Å²) < 4.78 is 58.1. The first kappa shape index (κ1) is 29.9. The van der Waals surface area contributed by atoms with Crippen LogP contribution in [-0.4, -0.2) is 53.8 Å². The van der Waals surface area contributed by atoms with Gasteiger partial charge in [0.25, 0.3) is 0 Å². The molecule has 3 unspecified atom stereocenters. The zero-order valence-electron chi connectivity index (χ0n) is 17.8. The Labute approximate surface area is 199 Å². The van der Waals surface area contributed by atoms with E-state index in [1.165, 1.54) is 12.3 Å². The van der Waals surface area contributed by atoms with Gasteiger partial charge in [0.2, 0.25) is 5.85 Å². The lowest BCUT2D eigenvalue weighted by Crippen LogP contribution is -2.36. The molecule has 0 saturated carbocycles. The van der Waals surface area contributed by atoms with Gasteiger partial charge in [0.15, 0.2) is 0 Å². The number of ether oxygens (including phenoxy) is 2. The van der Waals surface area contributed by atoms with Crippen molar-refractivity contribution in [1.82, 2.24) is 9.55 Å². The molecule has 1 aromatic rings. The van der Waals surface area contributed by atoms with Crippen molar-refractivity contribution in [3.05, 3.63) is 43.6 Å². The van der Waals surface area contributed by atoms with Crippen LogP contribution in [0.5, 0.6) is 0 Å². The van der Waals surface area contributed by atoms with Crippen LogP contribution in [0.1, 0.15) is 19.6 Å². The predicted octanol–water partition coefficient (Wildman–Crippen LogP) is 1.14. The smallest absolute Gasteiger partial charge is 0.383 e. The molecular weight excluding hydrogens is 559 g/mol. The summed E-state index contributed by atoms with van der Waals surface area (Å²) in [5.74, 6) is -2.28. The standard InChI is InChI=1S/C11H18N9O13P3/c1-11(16-18-13,17-19-14)31-6-4-9(20-3-2-8(12)15-10(20)21)30-7(6)5-29-35(25,26)33-36(27,28)32-34(22,23)24/h2-3,6-7,9H,4-5H2,1H3,(H,25,26)(H,27,28)(H2,12,15,21)(H2,22,23,24)/t6?,7-,9-/m1/s1. The molecule has 1 saturated heterocycles. The molecule has 2 heterocycles. The topological polar surface area (TPSA) is 337 Å². The van der Waals surface area contributed by atoms with Gasteiger partial charge < -0.3 is 34.8 Å². The minimum absolute atomic E-state index is 0.106. The highest BCUT2D eigenvalue weighted by molar-refractivity contribution is 7.66. The van der Waals surface area contributed by atoms with Crippen LogP contribution in [0.3, 0.4) is 0 Å². The van der Waals surface area contributed by atoms with E-state index in [4.69, 9.17) is 36.1 Å². The van der Waals surface area contributed by atoms with Gasteiger partial charge in [-0.2, -0.15) is 13.6 Å². The number of azide groups is 1. The van der Waals surface area contributed by atoms with E-state index in [1.54, 1.807) is 0 Å². The number of hydrogen-bond donors (Lipinski definition) is 5. The molecule has 0 bridgehead atoms. The third-order valence-electron chi connectivity index (χ3n) is 4.00. The first-order valence-corrected chi connectivity index (χ1v) is 13.6. The minimum Gasteiger partial charge on any atom is -0.383 e. The van der Waals surface area contributed by atoms with Crippen molar-refractivity contribution in [3.63, 3.8) is 0 Å². The number of anilines is 1. The average molecular weight is 577 g/mol. The zero-order valence-corrected chi connectivity index (χ0v) is 20.4. The normalized spacial score (nSPS) is 25.0. The Morgan fingerprint density at radius 1 is 1.22 bits per heavy atom. The molecule has 1 aliphatic rings. The molecule has 0 amide bonds. The van der Waals surface area contributed by atoms with E-state index >= 15 is 0 Å². The van der Waals surface area contributed by atoms with Crippen molar-refractivity contribution in [1.29, 1.82) is 0 Å². The van der Waals surface area contributed by atoms with Crippen molar-refractivity contribution in [2.24, 2.45) is 10.2 Å². The Kier molecular flexibility index (Phi) is 9.41. The van der Waals surface area contributed by atoms with Crippen molar-refractivity contribution < 1.29 is 55.9 Å². The molecule has 0 aromatic carbocycles. The number of hydrogen-bond acceptors (Lipinski definition) is 13. The molecule has 2 rings (SSSR count). The van der Waals surface area contributed by atoms with Crippen LogP contribution >= 0.6 is 23.5 Å². The quantitative estimate of drug-likeness (QED) is 0.101. The monoisotopic (exact) mass is 577 g/mol. The molecule has 36 heavy (non-hydrogen) atoms. The third kappa shape index (κ3) is 8.94. The van der Waals surface area contributed by atoms with Gasteiger partial charge in [-0.25, -0.2) is 18.5 Å². The van der Waals surface area contributed by atoms with Crippen LogP contribution < -0.4 is 11.4 Å². The highest BCUT2D eigenvalue weighted by Crippen LogP contribution is 2.66. The molecular formula is C11H18N9O13P3. The largest absolute Gasteiger partial charge is 0.490 e. The van der Waals surface area contributed by atoms with E-state index in [2.05, 4.69) is 38.2 Å². The fourth-order valence-electron chi connectivity index (χ4n) is 2.78. The number of phosphoric acid groups is 3. The van der Waals surface area contributed by atoms with Crippen LogP contribution in [0.15, 0.2) is 27.3 Å². The molecule has 25 heteroatoms. The summed E-state index contributed by atoms with van der Waals surface area (Å²) in [6.45, 7) is 0.0841. The molecule has 200 valence electrons. The van der Waals surface area contributed by atoms with Crippen molar-refractivity contribution in [3.8, 4) is 0 Å². The van der Waals surface area contributed by atoms with Gasteiger partial charge in [-0.3, -0.25) is 9.09 Å². The summed E-state index contributed by atoms with van der Waals surface area (Å²) in [5, 5.41) is 6.43. The van der Waals surface area contributed by atoms with E-state index in [1.807, 2.05) is 0 Å². The van der Waals surface area contributed by atoms with Gasteiger partial charge in [-0.1, -0.05) is 10.2 Å². The maximum atomic E-state index is 12.2. The number of nitrogens with two attached hydrogens (primary N) is 1. The number of phosphoric ester groups is 1. The Balaban J connectivity index is 2.28. The van der Waals surface area contributed by atoms with Crippen LogP contribution in [0.4, 0.5) is 5.82 Å². The Bertz CT molecular complexity index is 1250. The van der Waals surface area contributed by atoms with E-state index in [9.17, 15) is 28.3 Å². The number of nitrogen functional groups attached to an aromatic ring is 1. The number of nitrogens with zero attached hydrogens (tertiary/aromatic N) is 8. The lowest BCUT2D eigenvalue weighted by molar-refractivity contribution is -0.113. The van der Waals surface area contributed by atoms with Crippen LogP contribution in [0.2, 0.25) is 0 Å². The van der Waals surface area contributed by atoms with E-state index in [-0.39, 0.29) is 12.2 Å². The fraction of sp³-hybridized carbons (Fsp3) is 0.636. The summed E-state index contributed by atoms with van der Waals surface area (Å²) in [7, 11) is -16.9. The first-order chi connectivity index (χ1) is 16.5. The van der Waals surface area contributed by atoms with E-state index < -0.39 is 60.0 Å². The Morgan fingerprint density at radius 3 is 2.36 bits per heavy atom. The molecule has 0 aliphatic carbocycles. The predicted molar refractivity (Wildman–Crippen MR) is 113 cm³/mol. The molecule has 1 aromatic heterocycles. The Morgan fingerprint density at radius 2 is 1.83 bits per heavy atom. The third-order valence-corrected chi connectivity index (χ3v) is 7.80. The summed E-state index contributed by atoms with van der Waals surface area (Å²) >= 11 is 0. The van der Waals surface area contributed by atoms with E-state index in [0.717, 1.165) is 11.5 Å². The highest BCUT2D eigenvalue weighted by Gasteiger charge is 2.45. The van der Waals surface area contributed by atoms with Crippen LogP contribution in [0.25, 0.3) is 20.9 Å². The minimum atomic E-state index is -5.78. The molecule has 22 nitrogen and oxygen atoms in total. The maximum Gasteiger partial charge on any atom is 0.490 e. The summed E-state index contributed by atoms with van der Waals surface area (Å²) in [5.41, 5.74) is 22.0. The SMILES string of the molecule is CC(N=[N+]=[N-])(N=[N+]=[N-])OC1C[C@H](n2ccc(N)nc2=O)O[C@@H]1COP(=O)(O)OP(=O)(O)OP(=O)(O)O. The summed E-state index contributed by atoms with van der Waals surface area (Å²) in [6, 6.07) is 1.25. The fourth-order valence-corrected chi connectivity index (χ4v) is 5.81. The lowest BCUT2D eigenvalue weighted by atomic mass is 10.2. The van der Waals surface area contributed by atoms with Crippen molar-refractivity contribution in [2.45, 2.75) is 37.6 Å². The van der Waals surface area contributed by atoms with Gasteiger partial charge in [0, 0.05) is 22.4 Å². The first-order valence-electron chi connectivity index (χ1n) is 9.07. The molecule has 0 spiro atoms. The van der Waals surface area contributed by atoms with Crippen LogP contribution in [0, 0.1) is 0 Å². The van der Waals surface area contributed by atoms with Gasteiger partial charge in [-0.15, -0.1) is 0 Å². The highest BCUT2D eigenvalue weighted by atomic mass is 31.3. The second-order valence-electron chi connectivity index (χ2n) is 6.76. The lowest BCUT2D eigenvalue weighted by Gasteiger charge is -2.26. The van der Waals surface area contributed by atoms with Crippen molar-refractivity contribution >= 4 is 29.3 Å². The number of aromatic nitrogens is 2. The summed E-state index contributed by atoms with van der Waals surface area (Å²) in [4.78, 5) is 56.8. The average Bonchev–Trinajstić information content (AvgIpc) is 3.05. The second-order valence-corrected chi connectivity index (χ2v) is 11.2. The summed E-state index contributed by atoms with van der Waals surface area (Å²) in [6.07, 6.45) is -2.92. The van der Waals surface area contributed by atoms with Gasteiger partial charge >= 0.3 is 29.2 Å². The van der Waals surface area contributed by atoms with Gasteiger partial charge in [-0.05, 0) is 24.1 Å². The number of rotatable bonds is 12. The molecule has 1 aliphatic heterocycles. The molecule has 1 fully saturated rings.